The SMILES string of the molecule is CCC(CC)O[C@@H]1C=C(C(=O)O)[C@H](n2cc(C(O)CC)nn2)[C@H](N=C(N)N)[C@H]1NC(C)=O.O=C(O)C(F)(F)F. The van der Waals surface area contributed by atoms with Crippen molar-refractivity contribution < 1.29 is 47.6 Å². The minimum absolute atomic E-state index is 0.0556. The molecular weight excluding hydrogens is 531 g/mol. The van der Waals surface area contributed by atoms with Gasteiger partial charge in [-0.25, -0.2) is 19.3 Å². The van der Waals surface area contributed by atoms with Crippen LogP contribution in [0, 0.1) is 0 Å². The number of aliphatic carboxylic acids is 2. The number of hydrogen-bond donors (Lipinski definition) is 6. The Bertz CT molecular complexity index is 1050. The molecule has 1 unspecified atom stereocenters. The third kappa shape index (κ3) is 9.51. The molecule has 1 amide bonds. The molecule has 14 nitrogen and oxygen atoms in total. The number of nitrogens with two attached hydrogens (primary N) is 2. The summed E-state index contributed by atoms with van der Waals surface area (Å²) >= 11 is 0. The predicted molar refractivity (Wildman–Crippen MR) is 130 cm³/mol. The van der Waals surface area contributed by atoms with Crippen LogP contribution in [-0.4, -0.2) is 84.6 Å². The van der Waals surface area contributed by atoms with E-state index in [9.17, 15) is 33.0 Å². The van der Waals surface area contributed by atoms with Gasteiger partial charge in [0.1, 0.15) is 17.8 Å². The first-order valence-corrected chi connectivity index (χ1v) is 11.9. The van der Waals surface area contributed by atoms with Gasteiger partial charge in [0.15, 0.2) is 5.96 Å². The maximum Gasteiger partial charge on any atom is 0.490 e. The van der Waals surface area contributed by atoms with Crippen molar-refractivity contribution in [3.05, 3.63) is 23.5 Å². The van der Waals surface area contributed by atoms with Gasteiger partial charge < -0.3 is 36.8 Å². The third-order valence-corrected chi connectivity index (χ3v) is 5.67. The van der Waals surface area contributed by atoms with Gasteiger partial charge in [-0.3, -0.25) is 4.79 Å². The van der Waals surface area contributed by atoms with Crippen molar-refractivity contribution in [3.8, 4) is 0 Å². The average Bonchev–Trinajstić information content (AvgIpc) is 3.32. The lowest BCUT2D eigenvalue weighted by Crippen LogP contribution is -2.57. The Labute approximate surface area is 221 Å². The van der Waals surface area contributed by atoms with E-state index in [4.69, 9.17) is 26.1 Å². The number of aliphatic imine (C=N–C) groups is 1. The van der Waals surface area contributed by atoms with Crippen molar-refractivity contribution in [1.82, 2.24) is 20.3 Å². The molecule has 1 heterocycles. The van der Waals surface area contributed by atoms with Crippen molar-refractivity contribution >= 4 is 23.8 Å². The molecule has 0 aliphatic heterocycles. The molecule has 1 aliphatic rings. The largest absolute Gasteiger partial charge is 0.490 e. The van der Waals surface area contributed by atoms with Crippen molar-refractivity contribution in [1.29, 1.82) is 0 Å². The van der Waals surface area contributed by atoms with E-state index in [2.05, 4.69) is 20.6 Å². The Balaban J connectivity index is 0.000000956. The number of carbonyl (C=O) groups excluding carboxylic acids is 1. The predicted octanol–water partition coefficient (Wildman–Crippen LogP) is 0.641. The summed E-state index contributed by atoms with van der Waals surface area (Å²) in [4.78, 5) is 37.4. The first-order chi connectivity index (χ1) is 18.1. The summed E-state index contributed by atoms with van der Waals surface area (Å²) in [6.45, 7) is 7.04. The molecule has 2 rings (SSSR count). The van der Waals surface area contributed by atoms with Gasteiger partial charge in [0.05, 0.1) is 36.1 Å². The second-order valence-electron chi connectivity index (χ2n) is 8.53. The number of hydrogen-bond acceptors (Lipinski definition) is 8. The van der Waals surface area contributed by atoms with E-state index < -0.39 is 48.4 Å². The zero-order valence-electron chi connectivity index (χ0n) is 21.8. The number of aliphatic hydroxyl groups is 1. The summed E-state index contributed by atoms with van der Waals surface area (Å²) < 4.78 is 39.2. The highest BCUT2D eigenvalue weighted by Crippen LogP contribution is 2.35. The Morgan fingerprint density at radius 3 is 2.15 bits per heavy atom. The first-order valence-electron chi connectivity index (χ1n) is 11.9. The number of nitrogens with one attached hydrogen (secondary N) is 1. The molecule has 1 aromatic heterocycles. The summed E-state index contributed by atoms with van der Waals surface area (Å²) in [5, 5.41) is 38.0. The zero-order valence-corrected chi connectivity index (χ0v) is 21.8. The second kappa shape index (κ2) is 14.4. The fourth-order valence-electron chi connectivity index (χ4n) is 3.79. The average molecular weight is 566 g/mol. The van der Waals surface area contributed by atoms with E-state index in [1.807, 2.05) is 13.8 Å². The molecule has 0 aromatic carbocycles. The Kier molecular flexibility index (Phi) is 12.3. The molecule has 5 atom stereocenters. The van der Waals surface area contributed by atoms with Gasteiger partial charge in [-0.15, -0.1) is 5.10 Å². The summed E-state index contributed by atoms with van der Waals surface area (Å²) in [5.41, 5.74) is 11.6. The number of aromatic nitrogens is 3. The molecule has 39 heavy (non-hydrogen) atoms. The monoisotopic (exact) mass is 565 g/mol. The standard InChI is InChI=1S/C20H33N7O5.C2HF3O2/c1-5-11(6-2)32-15-8-12(19(30)31)18(27-9-13(25-26-27)14(29)7-3)17(24-20(21)22)16(15)23-10(4)28;3-2(4,5)1(6)7/h8-9,11,14-18,29H,5-7H2,1-4H3,(H,23,28)(H,30,31)(H4,21,22,24);(H,6,7)/t14?,15-,16+,17-,18+;/m1./s1. The number of guanidine groups is 1. The highest BCUT2D eigenvalue weighted by Gasteiger charge is 2.46. The first kappa shape index (κ1) is 33.3. The number of rotatable bonds is 10. The molecule has 0 saturated heterocycles. The lowest BCUT2D eigenvalue weighted by molar-refractivity contribution is -0.192. The number of ether oxygens (including phenoxy) is 1. The van der Waals surface area contributed by atoms with Gasteiger partial charge in [-0.05, 0) is 25.3 Å². The maximum absolute atomic E-state index is 12.2. The van der Waals surface area contributed by atoms with E-state index in [1.165, 1.54) is 23.9 Å². The Morgan fingerprint density at radius 2 is 1.74 bits per heavy atom. The van der Waals surface area contributed by atoms with Crippen LogP contribution in [0.4, 0.5) is 13.2 Å². The summed E-state index contributed by atoms with van der Waals surface area (Å²) in [6, 6.07) is -2.72. The Morgan fingerprint density at radius 1 is 1.18 bits per heavy atom. The van der Waals surface area contributed by atoms with Crippen molar-refractivity contribution in [2.75, 3.05) is 0 Å². The molecule has 17 heteroatoms. The van der Waals surface area contributed by atoms with E-state index in [1.54, 1.807) is 6.92 Å². The zero-order chi connectivity index (χ0) is 30.1. The Hall–Kier alpha value is -3.73. The highest BCUT2D eigenvalue weighted by atomic mass is 19.4. The van der Waals surface area contributed by atoms with Crippen LogP contribution in [0.2, 0.25) is 0 Å². The van der Waals surface area contributed by atoms with Crippen LogP contribution in [0.25, 0.3) is 0 Å². The third-order valence-electron chi connectivity index (χ3n) is 5.67. The molecule has 0 saturated carbocycles. The second-order valence-corrected chi connectivity index (χ2v) is 8.53. The molecule has 1 aromatic rings. The normalized spacial score (nSPS) is 21.7. The maximum atomic E-state index is 12.2. The highest BCUT2D eigenvalue weighted by molar-refractivity contribution is 5.89. The van der Waals surface area contributed by atoms with Crippen LogP contribution < -0.4 is 16.8 Å². The quantitative estimate of drug-likeness (QED) is 0.170. The van der Waals surface area contributed by atoms with Gasteiger partial charge in [-0.1, -0.05) is 26.0 Å². The summed E-state index contributed by atoms with van der Waals surface area (Å²) in [7, 11) is 0. The van der Waals surface area contributed by atoms with Crippen LogP contribution in [0.1, 0.15) is 64.8 Å². The fourth-order valence-corrected chi connectivity index (χ4v) is 3.79. The van der Waals surface area contributed by atoms with Crippen LogP contribution in [-0.2, 0) is 19.1 Å². The number of nitrogens with zero attached hydrogens (tertiary/aromatic N) is 4. The molecule has 0 spiro atoms. The van der Waals surface area contributed by atoms with Crippen LogP contribution in [0.5, 0.6) is 0 Å². The molecule has 0 fully saturated rings. The molecule has 220 valence electrons. The number of carbonyl (C=O) groups is 3. The minimum atomic E-state index is -5.08. The number of carboxylic acids is 2. The number of alkyl halides is 3. The van der Waals surface area contributed by atoms with E-state index in [-0.39, 0.29) is 29.2 Å². The van der Waals surface area contributed by atoms with Crippen molar-refractivity contribution in [3.63, 3.8) is 0 Å². The lowest BCUT2D eigenvalue weighted by Gasteiger charge is -2.40. The molecule has 1 aliphatic carbocycles. The number of halogens is 3. The fraction of sp³-hybridized carbons (Fsp3) is 0.636. The van der Waals surface area contributed by atoms with Gasteiger partial charge in [0, 0.05) is 6.92 Å². The smallest absolute Gasteiger partial charge is 0.478 e. The van der Waals surface area contributed by atoms with Gasteiger partial charge in [0.2, 0.25) is 5.91 Å². The summed E-state index contributed by atoms with van der Waals surface area (Å²) in [6.07, 6.45) is -2.16. The van der Waals surface area contributed by atoms with Crippen molar-refractivity contribution in [2.24, 2.45) is 16.5 Å². The van der Waals surface area contributed by atoms with E-state index in [0.29, 0.717) is 19.3 Å². The van der Waals surface area contributed by atoms with Gasteiger partial charge in [0.25, 0.3) is 0 Å². The number of amides is 1. The lowest BCUT2D eigenvalue weighted by atomic mass is 9.83. The number of carboxylic acid groups (broad SMARTS) is 2. The van der Waals surface area contributed by atoms with Gasteiger partial charge in [-0.2, -0.15) is 13.2 Å². The summed E-state index contributed by atoms with van der Waals surface area (Å²) in [5.74, 6) is -4.60. The van der Waals surface area contributed by atoms with Crippen molar-refractivity contribution in [2.45, 2.75) is 89.6 Å². The van der Waals surface area contributed by atoms with E-state index >= 15 is 0 Å². The van der Waals surface area contributed by atoms with Crippen LogP contribution in [0.15, 0.2) is 22.8 Å². The molecular formula is C22H34F3N7O7. The molecule has 0 radical (unpaired) electrons. The topological polar surface area (TPSA) is 228 Å². The van der Waals surface area contributed by atoms with Crippen LogP contribution >= 0.6 is 0 Å². The van der Waals surface area contributed by atoms with E-state index in [0.717, 1.165) is 0 Å². The molecule has 8 N–H and O–H groups in total. The minimum Gasteiger partial charge on any atom is -0.478 e. The van der Waals surface area contributed by atoms with Crippen LogP contribution in [0.3, 0.4) is 0 Å². The molecule has 0 bridgehead atoms. The van der Waals surface area contributed by atoms with Gasteiger partial charge >= 0.3 is 18.1 Å². The number of aliphatic hydroxyl groups excluding tert-OH is 1.